The average molecular weight is 553 g/mol. The number of fused-ring (bicyclic) bond motifs is 2. The first-order chi connectivity index (χ1) is 18.7. The van der Waals surface area contributed by atoms with Crippen LogP contribution in [-0.4, -0.2) is 57.8 Å². The van der Waals surface area contributed by atoms with Crippen LogP contribution in [0.15, 0.2) is 36.4 Å². The third-order valence-electron chi connectivity index (χ3n) is 9.30. The second-order valence-corrected chi connectivity index (χ2v) is 13.5. The van der Waals surface area contributed by atoms with Crippen LogP contribution in [0.4, 0.5) is 22.7 Å². The Labute approximate surface area is 229 Å². The molecular formula is C29H36N4O5S. The molecule has 0 unspecified atom stereocenters. The zero-order valence-electron chi connectivity index (χ0n) is 22.3. The molecule has 208 valence electrons. The molecule has 2 aromatic carbocycles. The fourth-order valence-electron chi connectivity index (χ4n) is 6.79. The van der Waals surface area contributed by atoms with Gasteiger partial charge in [0.25, 0.3) is 5.91 Å². The SMILES string of the molecule is CN1C(=O)C2(CCCC2)c2cc(NC(=O)c3ccc(NS(=O)(=O)CCO)cc3N3CCC4(CC3)CC4)ccc21. The molecule has 2 aromatic rings. The van der Waals surface area contributed by atoms with Gasteiger partial charge in [-0.05, 0) is 85.9 Å². The van der Waals surface area contributed by atoms with Gasteiger partial charge in [-0.3, -0.25) is 14.3 Å². The summed E-state index contributed by atoms with van der Waals surface area (Å²) in [6, 6.07) is 10.7. The van der Waals surface area contributed by atoms with E-state index in [0.29, 0.717) is 28.0 Å². The zero-order valence-corrected chi connectivity index (χ0v) is 23.1. The number of hydrogen-bond acceptors (Lipinski definition) is 6. The van der Waals surface area contributed by atoms with Crippen LogP contribution in [0.25, 0.3) is 0 Å². The third kappa shape index (κ3) is 4.67. The van der Waals surface area contributed by atoms with Crippen LogP contribution < -0.4 is 19.8 Å². The summed E-state index contributed by atoms with van der Waals surface area (Å²) in [5, 5.41) is 12.2. The molecule has 2 amide bonds. The van der Waals surface area contributed by atoms with Gasteiger partial charge in [-0.25, -0.2) is 8.42 Å². The second kappa shape index (κ2) is 9.52. The maximum atomic E-state index is 13.7. The van der Waals surface area contributed by atoms with Gasteiger partial charge in [0.05, 0.1) is 34.7 Å². The minimum atomic E-state index is -3.70. The van der Waals surface area contributed by atoms with Gasteiger partial charge < -0.3 is 20.2 Å². The number of nitrogens with zero attached hydrogens (tertiary/aromatic N) is 2. The van der Waals surface area contributed by atoms with E-state index < -0.39 is 27.8 Å². The highest BCUT2D eigenvalue weighted by Gasteiger charge is 2.51. The predicted octanol–water partition coefficient (Wildman–Crippen LogP) is 3.84. The predicted molar refractivity (Wildman–Crippen MR) is 152 cm³/mol. The number of aliphatic hydroxyl groups is 1. The highest BCUT2D eigenvalue weighted by Crippen LogP contribution is 2.54. The van der Waals surface area contributed by atoms with Gasteiger partial charge in [-0.15, -0.1) is 0 Å². The lowest BCUT2D eigenvalue weighted by Gasteiger charge is -2.35. The summed E-state index contributed by atoms with van der Waals surface area (Å²) in [4.78, 5) is 30.7. The average Bonchev–Trinajstić information content (AvgIpc) is 3.40. The molecule has 2 aliphatic heterocycles. The van der Waals surface area contributed by atoms with E-state index in [4.69, 9.17) is 5.11 Å². The Bertz CT molecular complexity index is 1420. The van der Waals surface area contributed by atoms with Gasteiger partial charge in [0.1, 0.15) is 0 Å². The molecular weight excluding hydrogens is 516 g/mol. The van der Waals surface area contributed by atoms with Crippen molar-refractivity contribution in [3.63, 3.8) is 0 Å². The minimum Gasteiger partial charge on any atom is -0.395 e. The van der Waals surface area contributed by atoms with E-state index in [1.165, 1.54) is 12.8 Å². The normalized spacial score (nSPS) is 20.9. The number of sulfonamides is 1. The Morgan fingerprint density at radius 3 is 2.31 bits per heavy atom. The Morgan fingerprint density at radius 2 is 1.64 bits per heavy atom. The standard InChI is InChI=1S/C29H36N4O5S/c1-32-24-7-5-20(18-23(24)29(27(32)36)8-2-3-9-29)30-26(35)22-6-4-21(31-39(37,38)17-16-34)19-25(22)33-14-12-28(10-11-28)13-15-33/h4-7,18-19,31,34H,2-3,8-17H2,1H3,(H,30,35). The third-order valence-corrected chi connectivity index (χ3v) is 10.6. The van der Waals surface area contributed by atoms with E-state index in [2.05, 4.69) is 14.9 Å². The number of piperidine rings is 1. The molecule has 39 heavy (non-hydrogen) atoms. The summed E-state index contributed by atoms with van der Waals surface area (Å²) in [5.74, 6) is -0.535. The summed E-state index contributed by atoms with van der Waals surface area (Å²) >= 11 is 0. The molecule has 2 saturated carbocycles. The lowest BCUT2D eigenvalue weighted by molar-refractivity contribution is -0.122. The van der Waals surface area contributed by atoms with Crippen molar-refractivity contribution in [1.82, 2.24) is 0 Å². The van der Waals surface area contributed by atoms with Gasteiger partial charge >= 0.3 is 0 Å². The maximum absolute atomic E-state index is 13.7. The molecule has 0 atom stereocenters. The number of amides is 2. The Balaban J connectivity index is 1.29. The van der Waals surface area contributed by atoms with Crippen LogP contribution in [0.3, 0.4) is 0 Å². The number of likely N-dealkylation sites (N-methyl/N-ethyl adjacent to an activating group) is 1. The number of hydrogen-bond donors (Lipinski definition) is 3. The summed E-state index contributed by atoms with van der Waals surface area (Å²) in [6.45, 7) is 1.15. The molecule has 2 spiro atoms. The first kappa shape index (κ1) is 26.1. The Kier molecular flexibility index (Phi) is 6.38. The molecule has 3 N–H and O–H groups in total. The highest BCUT2D eigenvalue weighted by atomic mass is 32.2. The lowest BCUT2D eigenvalue weighted by atomic mass is 9.80. The largest absolute Gasteiger partial charge is 0.395 e. The van der Waals surface area contributed by atoms with E-state index in [9.17, 15) is 18.0 Å². The van der Waals surface area contributed by atoms with E-state index in [0.717, 1.165) is 62.9 Å². The second-order valence-electron chi connectivity index (χ2n) is 11.7. The molecule has 2 aliphatic carbocycles. The van der Waals surface area contributed by atoms with Crippen LogP contribution in [0, 0.1) is 5.41 Å². The van der Waals surface area contributed by atoms with Crippen molar-refractivity contribution < 1.29 is 23.1 Å². The fraction of sp³-hybridized carbons (Fsp3) is 0.517. The van der Waals surface area contributed by atoms with Gasteiger partial charge in [0.15, 0.2) is 0 Å². The highest BCUT2D eigenvalue weighted by molar-refractivity contribution is 7.92. The molecule has 0 bridgehead atoms. The maximum Gasteiger partial charge on any atom is 0.257 e. The molecule has 0 aromatic heterocycles. The molecule has 3 fully saturated rings. The molecule has 1 saturated heterocycles. The number of nitrogens with one attached hydrogen (secondary N) is 2. The van der Waals surface area contributed by atoms with Crippen LogP contribution in [0.1, 0.15) is 67.3 Å². The van der Waals surface area contributed by atoms with E-state index in [-0.39, 0.29) is 11.8 Å². The fourth-order valence-corrected chi connectivity index (χ4v) is 7.62. The smallest absolute Gasteiger partial charge is 0.257 e. The number of anilines is 4. The molecule has 10 heteroatoms. The molecule has 4 aliphatic rings. The van der Waals surface area contributed by atoms with Crippen LogP contribution in [-0.2, 0) is 20.2 Å². The van der Waals surface area contributed by atoms with Crippen molar-refractivity contribution in [2.24, 2.45) is 5.41 Å². The van der Waals surface area contributed by atoms with Crippen molar-refractivity contribution in [3.8, 4) is 0 Å². The Morgan fingerprint density at radius 1 is 0.949 bits per heavy atom. The van der Waals surface area contributed by atoms with Crippen molar-refractivity contribution in [2.75, 3.05) is 52.3 Å². The number of benzene rings is 2. The summed E-state index contributed by atoms with van der Waals surface area (Å²) in [6.07, 6.45) is 8.32. The first-order valence-electron chi connectivity index (χ1n) is 13.9. The van der Waals surface area contributed by atoms with Gasteiger partial charge in [-0.2, -0.15) is 0 Å². The van der Waals surface area contributed by atoms with Crippen LogP contribution in [0.5, 0.6) is 0 Å². The number of aliphatic hydroxyl groups excluding tert-OH is 1. The van der Waals surface area contributed by atoms with Crippen LogP contribution in [0.2, 0.25) is 0 Å². The number of carbonyl (C=O) groups excluding carboxylic acids is 2. The minimum absolute atomic E-state index is 0.138. The quantitative estimate of drug-likeness (QED) is 0.480. The van der Waals surface area contributed by atoms with Gasteiger partial charge in [0, 0.05) is 31.5 Å². The first-order valence-corrected chi connectivity index (χ1v) is 15.6. The lowest BCUT2D eigenvalue weighted by Crippen LogP contribution is -2.36. The molecule has 9 nitrogen and oxygen atoms in total. The van der Waals surface area contributed by atoms with Gasteiger partial charge in [0.2, 0.25) is 15.9 Å². The van der Waals surface area contributed by atoms with E-state index >= 15 is 0 Å². The monoisotopic (exact) mass is 552 g/mol. The Hall–Kier alpha value is -3.11. The van der Waals surface area contributed by atoms with Crippen molar-refractivity contribution in [2.45, 2.75) is 56.8 Å². The summed E-state index contributed by atoms with van der Waals surface area (Å²) in [5.41, 5.74) is 4.02. The van der Waals surface area contributed by atoms with Crippen LogP contribution >= 0.6 is 0 Å². The summed E-state index contributed by atoms with van der Waals surface area (Å²) in [7, 11) is -1.88. The van der Waals surface area contributed by atoms with E-state index in [1.54, 1.807) is 23.1 Å². The topological polar surface area (TPSA) is 119 Å². The number of rotatable bonds is 7. The van der Waals surface area contributed by atoms with Crippen molar-refractivity contribution in [3.05, 3.63) is 47.5 Å². The summed E-state index contributed by atoms with van der Waals surface area (Å²) < 4.78 is 27.1. The molecule has 6 rings (SSSR count). The zero-order chi connectivity index (χ0) is 27.4. The van der Waals surface area contributed by atoms with Gasteiger partial charge in [-0.1, -0.05) is 12.8 Å². The molecule has 2 heterocycles. The van der Waals surface area contributed by atoms with Crippen molar-refractivity contribution >= 4 is 44.6 Å². The molecule has 0 radical (unpaired) electrons. The van der Waals surface area contributed by atoms with E-state index in [1.807, 2.05) is 25.2 Å². The number of carbonyl (C=O) groups is 2. The van der Waals surface area contributed by atoms with Crippen molar-refractivity contribution in [1.29, 1.82) is 0 Å².